The van der Waals surface area contributed by atoms with Gasteiger partial charge < -0.3 is 9.47 Å². The van der Waals surface area contributed by atoms with Crippen molar-refractivity contribution in [3.8, 4) is 5.75 Å². The van der Waals surface area contributed by atoms with E-state index in [0.717, 1.165) is 0 Å². The SMILES string of the molecule is O=C(Nc1ccccc1N1CCOC1=O)Oc1ccccc1. The van der Waals surface area contributed by atoms with E-state index in [4.69, 9.17) is 9.47 Å². The largest absolute Gasteiger partial charge is 0.447 e. The van der Waals surface area contributed by atoms with Crippen LogP contribution in [0.4, 0.5) is 21.0 Å². The van der Waals surface area contributed by atoms with Crippen LogP contribution in [0.2, 0.25) is 0 Å². The summed E-state index contributed by atoms with van der Waals surface area (Å²) in [4.78, 5) is 25.1. The van der Waals surface area contributed by atoms with Gasteiger partial charge in [-0.2, -0.15) is 0 Å². The third kappa shape index (κ3) is 3.01. The Labute approximate surface area is 127 Å². The number of benzene rings is 2. The summed E-state index contributed by atoms with van der Waals surface area (Å²) in [6.45, 7) is 0.785. The molecule has 0 aromatic heterocycles. The average Bonchev–Trinajstić information content (AvgIpc) is 2.95. The Morgan fingerprint density at radius 2 is 1.82 bits per heavy atom. The minimum Gasteiger partial charge on any atom is -0.447 e. The van der Waals surface area contributed by atoms with E-state index in [-0.39, 0.29) is 0 Å². The lowest BCUT2D eigenvalue weighted by molar-refractivity contribution is 0.181. The first kappa shape index (κ1) is 13.9. The van der Waals surface area contributed by atoms with Gasteiger partial charge in [-0.3, -0.25) is 10.2 Å². The molecule has 1 aliphatic heterocycles. The summed E-state index contributed by atoms with van der Waals surface area (Å²) in [6, 6.07) is 15.7. The predicted molar refractivity (Wildman–Crippen MR) is 81.2 cm³/mol. The molecule has 0 radical (unpaired) electrons. The molecule has 2 aromatic carbocycles. The van der Waals surface area contributed by atoms with Crippen LogP contribution in [0, 0.1) is 0 Å². The highest BCUT2D eigenvalue weighted by molar-refractivity contribution is 5.98. The summed E-state index contributed by atoms with van der Waals surface area (Å²) in [5.74, 6) is 0.443. The minimum absolute atomic E-state index is 0.335. The normalized spacial score (nSPS) is 13.6. The van der Waals surface area contributed by atoms with Crippen molar-refractivity contribution in [2.75, 3.05) is 23.4 Å². The minimum atomic E-state index is -0.619. The van der Waals surface area contributed by atoms with E-state index in [1.54, 1.807) is 48.5 Å². The molecule has 2 aromatic rings. The lowest BCUT2D eigenvalue weighted by atomic mass is 10.2. The van der Waals surface area contributed by atoms with Gasteiger partial charge in [-0.15, -0.1) is 0 Å². The van der Waals surface area contributed by atoms with Crippen LogP contribution in [0.5, 0.6) is 5.75 Å². The first-order valence-corrected chi connectivity index (χ1v) is 6.81. The molecule has 112 valence electrons. The van der Waals surface area contributed by atoms with Gasteiger partial charge >= 0.3 is 12.2 Å². The van der Waals surface area contributed by atoms with Crippen LogP contribution in [-0.2, 0) is 4.74 Å². The molecule has 22 heavy (non-hydrogen) atoms. The van der Waals surface area contributed by atoms with Gasteiger partial charge in [0.15, 0.2) is 0 Å². The Hall–Kier alpha value is -3.02. The number of nitrogens with zero attached hydrogens (tertiary/aromatic N) is 1. The van der Waals surface area contributed by atoms with E-state index in [0.29, 0.717) is 30.3 Å². The topological polar surface area (TPSA) is 67.9 Å². The molecule has 3 rings (SSSR count). The van der Waals surface area contributed by atoms with Gasteiger partial charge in [0.1, 0.15) is 12.4 Å². The van der Waals surface area contributed by atoms with Crippen LogP contribution < -0.4 is 15.0 Å². The number of carbonyl (C=O) groups is 2. The van der Waals surface area contributed by atoms with Crippen molar-refractivity contribution in [1.82, 2.24) is 0 Å². The number of hydrogen-bond acceptors (Lipinski definition) is 4. The standard InChI is InChI=1S/C16H14N2O4/c19-15(22-12-6-2-1-3-7-12)17-13-8-4-5-9-14(13)18-10-11-21-16(18)20/h1-9H,10-11H2,(H,17,19). The molecule has 0 aliphatic carbocycles. The van der Waals surface area contributed by atoms with Crippen LogP contribution in [0.15, 0.2) is 54.6 Å². The molecule has 0 saturated carbocycles. The van der Waals surface area contributed by atoms with Crippen LogP contribution in [-0.4, -0.2) is 25.3 Å². The number of para-hydroxylation sites is 3. The second kappa shape index (κ2) is 6.17. The molecule has 0 atom stereocenters. The zero-order chi connectivity index (χ0) is 15.4. The number of carbonyl (C=O) groups excluding carboxylic acids is 2. The lowest BCUT2D eigenvalue weighted by Gasteiger charge is -2.17. The van der Waals surface area contributed by atoms with Crippen molar-refractivity contribution in [3.05, 3.63) is 54.6 Å². The smallest absolute Gasteiger partial charge is 0.417 e. The van der Waals surface area contributed by atoms with E-state index < -0.39 is 12.2 Å². The fourth-order valence-corrected chi connectivity index (χ4v) is 2.16. The van der Waals surface area contributed by atoms with Gasteiger partial charge in [-0.05, 0) is 24.3 Å². The predicted octanol–water partition coefficient (Wildman–Crippen LogP) is 3.25. The Kier molecular flexibility index (Phi) is 3.91. The third-order valence-electron chi connectivity index (χ3n) is 3.15. The number of cyclic esters (lactones) is 1. The highest BCUT2D eigenvalue weighted by atomic mass is 16.6. The van der Waals surface area contributed by atoms with Crippen molar-refractivity contribution < 1.29 is 19.1 Å². The maximum Gasteiger partial charge on any atom is 0.417 e. The number of ether oxygens (including phenoxy) is 2. The molecule has 1 N–H and O–H groups in total. The molecule has 0 spiro atoms. The number of anilines is 2. The number of rotatable bonds is 3. The van der Waals surface area contributed by atoms with E-state index in [9.17, 15) is 9.59 Å². The van der Waals surface area contributed by atoms with Crippen molar-refractivity contribution in [2.45, 2.75) is 0 Å². The van der Waals surface area contributed by atoms with Crippen molar-refractivity contribution in [1.29, 1.82) is 0 Å². The molecule has 6 nitrogen and oxygen atoms in total. The molecule has 1 saturated heterocycles. The third-order valence-corrected chi connectivity index (χ3v) is 3.15. The summed E-state index contributed by atoms with van der Waals surface area (Å²) in [6.07, 6.45) is -1.04. The maximum absolute atomic E-state index is 12.0. The number of hydrogen-bond donors (Lipinski definition) is 1. The van der Waals surface area contributed by atoms with Crippen molar-refractivity contribution in [2.24, 2.45) is 0 Å². The second-order valence-corrected chi connectivity index (χ2v) is 4.61. The van der Waals surface area contributed by atoms with E-state index in [1.807, 2.05) is 6.07 Å². The van der Waals surface area contributed by atoms with E-state index in [2.05, 4.69) is 5.32 Å². The monoisotopic (exact) mass is 298 g/mol. The lowest BCUT2D eigenvalue weighted by Crippen LogP contribution is -2.26. The van der Waals surface area contributed by atoms with Gasteiger partial charge in [0.05, 0.1) is 17.9 Å². The first-order valence-electron chi connectivity index (χ1n) is 6.81. The summed E-state index contributed by atoms with van der Waals surface area (Å²) < 4.78 is 10.1. The molecule has 0 bridgehead atoms. The quantitative estimate of drug-likeness (QED) is 0.944. The van der Waals surface area contributed by atoms with Crippen molar-refractivity contribution >= 4 is 23.6 Å². The summed E-state index contributed by atoms with van der Waals surface area (Å²) >= 11 is 0. The Morgan fingerprint density at radius 1 is 1.09 bits per heavy atom. The Bertz CT molecular complexity index is 688. The Balaban J connectivity index is 1.75. The summed E-state index contributed by atoms with van der Waals surface area (Å²) in [5.41, 5.74) is 1.07. The molecule has 1 heterocycles. The second-order valence-electron chi connectivity index (χ2n) is 4.61. The van der Waals surface area contributed by atoms with Crippen LogP contribution in [0.3, 0.4) is 0 Å². The van der Waals surface area contributed by atoms with Gasteiger partial charge in [0.25, 0.3) is 0 Å². The maximum atomic E-state index is 12.0. The van der Waals surface area contributed by atoms with E-state index in [1.165, 1.54) is 4.90 Å². The number of nitrogens with one attached hydrogen (secondary N) is 1. The number of amides is 2. The highest BCUT2D eigenvalue weighted by Gasteiger charge is 2.26. The Morgan fingerprint density at radius 3 is 2.55 bits per heavy atom. The molecular weight excluding hydrogens is 284 g/mol. The fourth-order valence-electron chi connectivity index (χ4n) is 2.16. The van der Waals surface area contributed by atoms with Crippen LogP contribution in [0.1, 0.15) is 0 Å². The van der Waals surface area contributed by atoms with Gasteiger partial charge in [0, 0.05) is 0 Å². The van der Waals surface area contributed by atoms with Gasteiger partial charge in [-0.25, -0.2) is 9.59 Å². The van der Waals surface area contributed by atoms with Gasteiger partial charge in [-0.1, -0.05) is 30.3 Å². The summed E-state index contributed by atoms with van der Waals surface area (Å²) in [7, 11) is 0. The molecular formula is C16H14N2O4. The zero-order valence-corrected chi connectivity index (χ0v) is 11.7. The van der Waals surface area contributed by atoms with Crippen LogP contribution in [0.25, 0.3) is 0 Å². The zero-order valence-electron chi connectivity index (χ0n) is 11.7. The van der Waals surface area contributed by atoms with Gasteiger partial charge in [0.2, 0.25) is 0 Å². The highest BCUT2D eigenvalue weighted by Crippen LogP contribution is 2.28. The molecule has 1 fully saturated rings. The molecule has 2 amide bonds. The fraction of sp³-hybridized carbons (Fsp3) is 0.125. The molecule has 6 heteroatoms. The molecule has 0 unspecified atom stereocenters. The summed E-state index contributed by atoms with van der Waals surface area (Å²) in [5, 5.41) is 2.65. The average molecular weight is 298 g/mol. The van der Waals surface area contributed by atoms with Crippen molar-refractivity contribution in [3.63, 3.8) is 0 Å². The molecule has 1 aliphatic rings. The van der Waals surface area contributed by atoms with E-state index >= 15 is 0 Å². The first-order chi connectivity index (χ1) is 10.7. The van der Waals surface area contributed by atoms with Crippen LogP contribution >= 0.6 is 0 Å².